The summed E-state index contributed by atoms with van der Waals surface area (Å²) in [6.07, 6.45) is 9.85. The molecule has 7 atom stereocenters. The van der Waals surface area contributed by atoms with Gasteiger partial charge in [-0.05, 0) is 85.4 Å². The summed E-state index contributed by atoms with van der Waals surface area (Å²) in [6, 6.07) is 11.5. The normalized spacial score (nSPS) is 31.3. The van der Waals surface area contributed by atoms with Crippen LogP contribution in [0.4, 0.5) is 5.69 Å². The average Bonchev–Trinajstić information content (AvgIpc) is 3.51. The number of fused-ring (bicyclic) bond motifs is 4. The third kappa shape index (κ3) is 8.46. The van der Waals surface area contributed by atoms with Gasteiger partial charge in [-0.1, -0.05) is 36.7 Å². The van der Waals surface area contributed by atoms with Crippen LogP contribution in [0.2, 0.25) is 5.02 Å². The molecule has 1 N–H and O–H groups in total. The van der Waals surface area contributed by atoms with Gasteiger partial charge in [0.15, 0.2) is 0 Å². The van der Waals surface area contributed by atoms with E-state index < -0.39 is 33.8 Å². The van der Waals surface area contributed by atoms with Gasteiger partial charge in [-0.3, -0.25) is 23.9 Å². The average molecular weight is 878 g/mol. The molecule has 2 bridgehead atoms. The Hall–Kier alpha value is -3.99. The molecule has 0 radical (unpaired) electrons. The fourth-order valence-corrected chi connectivity index (χ4v) is 12.5. The second-order valence-electron chi connectivity index (χ2n) is 18.3. The van der Waals surface area contributed by atoms with Crippen LogP contribution in [0, 0.1) is 23.2 Å². The van der Waals surface area contributed by atoms with Crippen LogP contribution < -0.4 is 19.1 Å². The standard InChI is InChI=1S/C45H57ClN6O8S/c1-29-22-61(55,49-42(54)35-21-50(2)47-43(35)57-4)48-41(53)31-8-12-40-37(19-31)52(25-45(28-60-40)15-5-6-30-18-33(46)9-11-36(30)45)20-32-7-10-34(32)39(56-3)14-13-38(29)59-17-16-51-23-44(24-51)26-58-27-44/h8-9,11-14,18-19,21,29,32,34,38-39H,5-7,10,15-17,20,22-28H2,1-4H3,(H,48,49,53,54,55)/b14-13+/t29-,32+,34-,38+,39+,45+,61?/m1/s1. The van der Waals surface area contributed by atoms with E-state index >= 15 is 4.21 Å². The maximum Gasteiger partial charge on any atom is 0.286 e. The summed E-state index contributed by atoms with van der Waals surface area (Å²) in [4.78, 5) is 33.1. The summed E-state index contributed by atoms with van der Waals surface area (Å²) in [5, 5.41) is 4.93. The number of rotatable bonds is 8. The summed E-state index contributed by atoms with van der Waals surface area (Å²) < 4.78 is 54.0. The third-order valence-electron chi connectivity index (χ3n) is 13.8. The quantitative estimate of drug-likeness (QED) is 0.288. The number of hydrogen-bond acceptors (Lipinski definition) is 11. The van der Waals surface area contributed by atoms with Gasteiger partial charge in [0.25, 0.3) is 11.8 Å². The van der Waals surface area contributed by atoms with Crippen molar-refractivity contribution >= 4 is 39.0 Å². The van der Waals surface area contributed by atoms with Gasteiger partial charge in [0.1, 0.15) is 21.2 Å². The summed E-state index contributed by atoms with van der Waals surface area (Å²) in [5.41, 5.74) is 3.59. The molecular weight excluding hydrogens is 820 g/mol. The maximum atomic E-state index is 15.2. The Morgan fingerprint density at radius 3 is 2.62 bits per heavy atom. The first-order valence-corrected chi connectivity index (χ1v) is 23.6. The number of benzene rings is 2. The molecule has 1 unspecified atom stereocenters. The minimum atomic E-state index is -3.78. The Kier molecular flexibility index (Phi) is 11.8. The maximum absolute atomic E-state index is 15.2. The molecule has 4 aliphatic heterocycles. The van der Waals surface area contributed by atoms with Gasteiger partial charge in [0, 0.05) is 80.4 Å². The zero-order chi connectivity index (χ0) is 42.5. The molecule has 2 amide bonds. The van der Waals surface area contributed by atoms with Crippen molar-refractivity contribution in [3.63, 3.8) is 0 Å². The van der Waals surface area contributed by atoms with E-state index in [-0.39, 0.29) is 45.6 Å². The molecule has 9 rings (SSSR count). The summed E-state index contributed by atoms with van der Waals surface area (Å²) in [6.45, 7) is 8.56. The number of hydrogen-bond donors (Lipinski definition) is 1. The zero-order valence-electron chi connectivity index (χ0n) is 35.5. The monoisotopic (exact) mass is 876 g/mol. The van der Waals surface area contributed by atoms with E-state index in [1.165, 1.54) is 29.1 Å². The van der Waals surface area contributed by atoms with Gasteiger partial charge in [0.2, 0.25) is 5.88 Å². The zero-order valence-corrected chi connectivity index (χ0v) is 37.1. The molecular formula is C45H57ClN6O8S. The van der Waals surface area contributed by atoms with Crippen LogP contribution in [0.1, 0.15) is 64.4 Å². The van der Waals surface area contributed by atoms with Crippen LogP contribution in [0.15, 0.2) is 59.1 Å². The predicted octanol–water partition coefficient (Wildman–Crippen LogP) is 5.47. The summed E-state index contributed by atoms with van der Waals surface area (Å²) in [7, 11) is 1.04. The lowest BCUT2D eigenvalue weighted by atomic mass is 9.68. The molecule has 2 aromatic carbocycles. The van der Waals surface area contributed by atoms with E-state index in [0.29, 0.717) is 31.4 Å². The SMILES string of the molecule is COc1nn(C)cc1C(=O)NS1(=O)=NC(=O)c2ccc3c(c2)N(C[C@@H]2CC[C@H]2[C@@H](OC)/C=C/[C@H](OCCN2CC4(COC4)C2)[C@H](C)C1)C[C@@]1(CCCc2cc(Cl)ccc21)CO3. The molecule has 61 heavy (non-hydrogen) atoms. The minimum Gasteiger partial charge on any atom is -0.490 e. The number of aryl methyl sites for hydroxylation is 2. The largest absolute Gasteiger partial charge is 0.490 e. The number of carbonyl (C=O) groups excluding carboxylic acids is 2. The van der Waals surface area contributed by atoms with Crippen molar-refractivity contribution in [2.75, 3.05) is 84.0 Å². The molecule has 14 nitrogen and oxygen atoms in total. The van der Waals surface area contributed by atoms with Crippen molar-refractivity contribution in [2.24, 2.45) is 34.6 Å². The number of nitrogens with one attached hydrogen (secondary N) is 1. The number of likely N-dealkylation sites (tertiary alicyclic amines) is 1. The number of methoxy groups -OCH3 is 2. The van der Waals surface area contributed by atoms with E-state index in [1.807, 2.05) is 31.2 Å². The van der Waals surface area contributed by atoms with Gasteiger partial charge in [0.05, 0.1) is 57.2 Å². The van der Waals surface area contributed by atoms with Crippen LogP contribution in [-0.2, 0) is 43.0 Å². The van der Waals surface area contributed by atoms with Gasteiger partial charge in [-0.15, -0.1) is 9.46 Å². The Morgan fingerprint density at radius 2 is 1.89 bits per heavy atom. The number of carbonyl (C=O) groups is 2. The minimum absolute atomic E-state index is 0.0631. The van der Waals surface area contributed by atoms with E-state index in [4.69, 9.17) is 35.3 Å². The van der Waals surface area contributed by atoms with Crippen LogP contribution in [-0.4, -0.2) is 122 Å². The van der Waals surface area contributed by atoms with Gasteiger partial charge in [-0.25, -0.2) is 4.21 Å². The van der Waals surface area contributed by atoms with E-state index in [0.717, 1.165) is 82.2 Å². The Morgan fingerprint density at radius 1 is 1.07 bits per heavy atom. The molecule has 1 saturated carbocycles. The van der Waals surface area contributed by atoms with Crippen molar-refractivity contribution in [2.45, 2.75) is 56.7 Å². The number of aromatic nitrogens is 2. The number of nitrogens with zero attached hydrogens (tertiary/aromatic N) is 5. The molecule has 3 aromatic rings. The number of ether oxygens (including phenoxy) is 5. The first-order valence-electron chi connectivity index (χ1n) is 21.5. The molecule has 5 heterocycles. The second-order valence-corrected chi connectivity index (χ2v) is 20.7. The molecule has 2 spiro atoms. The lowest BCUT2D eigenvalue weighted by Gasteiger charge is -2.55. The number of anilines is 1. The van der Waals surface area contributed by atoms with E-state index in [2.05, 4.69) is 42.2 Å². The summed E-state index contributed by atoms with van der Waals surface area (Å²) in [5.74, 6) is -0.738. The summed E-state index contributed by atoms with van der Waals surface area (Å²) >= 11 is 6.51. The van der Waals surface area contributed by atoms with Gasteiger partial charge < -0.3 is 28.6 Å². The molecule has 1 aromatic heterocycles. The highest BCUT2D eigenvalue weighted by Gasteiger charge is 2.49. The van der Waals surface area contributed by atoms with Crippen molar-refractivity contribution in [1.82, 2.24) is 19.4 Å². The van der Waals surface area contributed by atoms with Crippen molar-refractivity contribution < 1.29 is 37.5 Å². The Labute approximate surface area is 363 Å². The van der Waals surface area contributed by atoms with Gasteiger partial charge in [-0.2, -0.15) is 0 Å². The van der Waals surface area contributed by atoms with Crippen molar-refractivity contribution in [3.05, 3.63) is 82.0 Å². The molecule has 328 valence electrons. The van der Waals surface area contributed by atoms with Crippen molar-refractivity contribution in [1.29, 1.82) is 0 Å². The lowest BCUT2D eigenvalue weighted by Crippen LogP contribution is -2.66. The van der Waals surface area contributed by atoms with Crippen molar-refractivity contribution in [3.8, 4) is 11.6 Å². The molecule has 16 heteroatoms. The Bertz CT molecular complexity index is 2320. The van der Waals surface area contributed by atoms with E-state index in [9.17, 15) is 9.59 Å². The Balaban J connectivity index is 1.09. The predicted molar refractivity (Wildman–Crippen MR) is 232 cm³/mol. The second kappa shape index (κ2) is 16.9. The fraction of sp³-hybridized carbons (Fsp3) is 0.578. The van der Waals surface area contributed by atoms with Crippen LogP contribution in [0.5, 0.6) is 11.6 Å². The molecule has 2 aliphatic carbocycles. The van der Waals surface area contributed by atoms with Crippen LogP contribution >= 0.6 is 11.6 Å². The first-order chi connectivity index (χ1) is 29.4. The third-order valence-corrected chi connectivity index (χ3v) is 16.0. The van der Waals surface area contributed by atoms with Gasteiger partial charge >= 0.3 is 0 Å². The first kappa shape index (κ1) is 42.3. The number of halogens is 1. The molecule has 6 aliphatic rings. The topological polar surface area (TPSA) is 146 Å². The highest BCUT2D eigenvalue weighted by Crippen LogP contribution is 2.47. The fourth-order valence-electron chi connectivity index (χ4n) is 10.5. The lowest BCUT2D eigenvalue weighted by molar-refractivity contribution is -0.191. The number of amides is 2. The molecule has 3 fully saturated rings. The van der Waals surface area contributed by atoms with Crippen LogP contribution in [0.25, 0.3) is 0 Å². The smallest absolute Gasteiger partial charge is 0.286 e. The highest BCUT2D eigenvalue weighted by molar-refractivity contribution is 7.92. The van der Waals surface area contributed by atoms with Crippen LogP contribution in [0.3, 0.4) is 0 Å². The molecule has 2 saturated heterocycles. The highest BCUT2D eigenvalue weighted by atomic mass is 35.5. The van der Waals surface area contributed by atoms with E-state index in [1.54, 1.807) is 20.2 Å².